The van der Waals surface area contributed by atoms with Gasteiger partial charge >= 0.3 is 6.09 Å². The van der Waals surface area contributed by atoms with E-state index in [1.807, 2.05) is 36.4 Å². The van der Waals surface area contributed by atoms with Crippen LogP contribution in [0, 0.1) is 0 Å². The lowest BCUT2D eigenvalue weighted by Crippen LogP contribution is -2.67. The van der Waals surface area contributed by atoms with Crippen molar-refractivity contribution in [1.82, 2.24) is 4.90 Å². The summed E-state index contributed by atoms with van der Waals surface area (Å²) in [4.78, 5) is 16.2. The Morgan fingerprint density at radius 3 is 2.13 bits per heavy atom. The van der Waals surface area contributed by atoms with Gasteiger partial charge in [-0.15, -0.1) is 0 Å². The summed E-state index contributed by atoms with van der Waals surface area (Å²) in [6.07, 6.45) is 0.255. The molecular weight excluding hydrogens is 408 g/mol. The summed E-state index contributed by atoms with van der Waals surface area (Å²) in [5.41, 5.74) is 8.73. The summed E-state index contributed by atoms with van der Waals surface area (Å²) in [6.45, 7) is 7.11. The molecule has 0 aromatic heterocycles. The van der Waals surface area contributed by atoms with Crippen LogP contribution in [0.4, 0.5) is 4.79 Å². The Bertz CT molecular complexity index is 887. The van der Waals surface area contributed by atoms with Crippen LogP contribution in [0.3, 0.4) is 0 Å². The van der Waals surface area contributed by atoms with E-state index >= 15 is 0 Å². The van der Waals surface area contributed by atoms with Crippen LogP contribution in [0.25, 0.3) is 10.4 Å². The highest BCUT2D eigenvalue weighted by Gasteiger charge is 2.50. The minimum Gasteiger partial charge on any atom is -0.465 e. The van der Waals surface area contributed by atoms with E-state index in [2.05, 4.69) is 55.1 Å². The van der Waals surface area contributed by atoms with E-state index < -0.39 is 14.4 Å². The molecule has 0 spiro atoms. The van der Waals surface area contributed by atoms with Crippen molar-refractivity contribution < 1.29 is 14.3 Å². The third-order valence-corrected chi connectivity index (χ3v) is 11.1. The monoisotopic (exact) mass is 438 g/mol. The summed E-state index contributed by atoms with van der Waals surface area (Å²) in [7, 11) is -2.73. The van der Waals surface area contributed by atoms with Crippen LogP contribution < -0.4 is 10.4 Å². The Morgan fingerprint density at radius 2 is 1.68 bits per heavy atom. The third kappa shape index (κ3) is 4.77. The molecule has 2 atom stereocenters. The molecular formula is C23H30N4O3Si. The second-order valence-electron chi connectivity index (χ2n) is 9.00. The summed E-state index contributed by atoms with van der Waals surface area (Å²) < 4.78 is 6.91. The van der Waals surface area contributed by atoms with Crippen LogP contribution in [0.2, 0.25) is 5.04 Å². The third-order valence-electron chi connectivity index (χ3n) is 6.05. The molecule has 164 valence electrons. The van der Waals surface area contributed by atoms with E-state index in [1.54, 1.807) is 0 Å². The molecule has 1 amide bonds. The number of hydrogen-bond donors (Lipinski definition) is 1. The molecule has 1 fully saturated rings. The SMILES string of the molecule is CC(C)(C)[Si](OCC1CCC(N=[N+]=[N-])CN1C(=O)O)(c1ccccc1)c1ccccc1. The van der Waals surface area contributed by atoms with Gasteiger partial charge in [0, 0.05) is 11.5 Å². The maximum absolute atomic E-state index is 11.9. The zero-order chi connectivity index (χ0) is 22.5. The average molecular weight is 439 g/mol. The standard InChI is InChI=1S/C23H30N4O3Si/c1-23(2,3)31(20-10-6-4-7-11-20,21-12-8-5-9-13-21)30-17-19-15-14-18(25-26-24)16-27(19)22(28)29/h4-13,18-19H,14-17H2,1-3H3,(H,28,29). The smallest absolute Gasteiger partial charge is 0.407 e. The summed E-state index contributed by atoms with van der Waals surface area (Å²) >= 11 is 0. The molecule has 1 aliphatic heterocycles. The van der Waals surface area contributed by atoms with Gasteiger partial charge in [0.05, 0.1) is 18.7 Å². The molecule has 3 rings (SSSR count). The number of rotatable bonds is 6. The number of likely N-dealkylation sites (tertiary alicyclic amines) is 1. The van der Waals surface area contributed by atoms with Crippen LogP contribution in [0.15, 0.2) is 65.8 Å². The van der Waals surface area contributed by atoms with Gasteiger partial charge in [-0.3, -0.25) is 0 Å². The Hall–Kier alpha value is -2.80. The van der Waals surface area contributed by atoms with E-state index in [0.717, 1.165) is 0 Å². The second kappa shape index (κ2) is 9.56. The molecule has 0 saturated carbocycles. The fraction of sp³-hybridized carbons (Fsp3) is 0.435. The van der Waals surface area contributed by atoms with E-state index in [-0.39, 0.29) is 23.7 Å². The van der Waals surface area contributed by atoms with Gasteiger partial charge in [-0.1, -0.05) is 86.5 Å². The van der Waals surface area contributed by atoms with E-state index in [9.17, 15) is 9.90 Å². The summed E-state index contributed by atoms with van der Waals surface area (Å²) in [5, 5.41) is 15.7. The molecule has 1 heterocycles. The van der Waals surface area contributed by atoms with E-state index in [0.29, 0.717) is 19.4 Å². The van der Waals surface area contributed by atoms with Crippen molar-refractivity contribution >= 4 is 24.8 Å². The molecule has 0 bridgehead atoms. The normalized spacial score (nSPS) is 19.5. The highest BCUT2D eigenvalue weighted by molar-refractivity contribution is 6.99. The number of azide groups is 1. The lowest BCUT2D eigenvalue weighted by molar-refractivity contribution is 0.0754. The lowest BCUT2D eigenvalue weighted by atomic mass is 10.00. The Morgan fingerprint density at radius 1 is 1.13 bits per heavy atom. The minimum absolute atomic E-state index is 0.175. The number of carbonyl (C=O) groups is 1. The van der Waals surface area contributed by atoms with Gasteiger partial charge in [-0.05, 0) is 33.8 Å². The van der Waals surface area contributed by atoms with Crippen molar-refractivity contribution in [1.29, 1.82) is 0 Å². The van der Waals surface area contributed by atoms with Gasteiger partial charge < -0.3 is 14.4 Å². The van der Waals surface area contributed by atoms with Crippen LogP contribution in [0.5, 0.6) is 0 Å². The highest BCUT2D eigenvalue weighted by atomic mass is 28.4. The Kier molecular flexibility index (Phi) is 7.05. The first-order valence-electron chi connectivity index (χ1n) is 10.6. The van der Waals surface area contributed by atoms with Gasteiger partial charge in [0.1, 0.15) is 0 Å². The Labute approximate surface area is 184 Å². The van der Waals surface area contributed by atoms with Crippen molar-refractivity contribution in [3.63, 3.8) is 0 Å². The number of amides is 1. The molecule has 2 aromatic carbocycles. The maximum Gasteiger partial charge on any atom is 0.407 e. The van der Waals surface area contributed by atoms with Crippen molar-refractivity contribution in [2.24, 2.45) is 5.11 Å². The van der Waals surface area contributed by atoms with Crippen molar-refractivity contribution in [2.75, 3.05) is 13.2 Å². The fourth-order valence-electron chi connectivity index (χ4n) is 4.57. The predicted octanol–water partition coefficient (Wildman–Crippen LogP) is 4.38. The zero-order valence-electron chi connectivity index (χ0n) is 18.3. The number of piperidine rings is 1. The van der Waals surface area contributed by atoms with Crippen molar-refractivity contribution in [2.45, 2.75) is 50.7 Å². The molecule has 2 unspecified atom stereocenters. The average Bonchev–Trinajstić information content (AvgIpc) is 2.75. The van der Waals surface area contributed by atoms with Crippen LogP contribution >= 0.6 is 0 Å². The molecule has 1 aliphatic rings. The number of hydrogen-bond acceptors (Lipinski definition) is 3. The molecule has 31 heavy (non-hydrogen) atoms. The zero-order valence-corrected chi connectivity index (χ0v) is 19.3. The van der Waals surface area contributed by atoms with E-state index in [4.69, 9.17) is 9.96 Å². The molecule has 7 nitrogen and oxygen atoms in total. The Balaban J connectivity index is 1.98. The van der Waals surface area contributed by atoms with Gasteiger partial charge in [0.15, 0.2) is 0 Å². The number of nitrogens with zero attached hydrogens (tertiary/aromatic N) is 4. The molecule has 0 aliphatic carbocycles. The van der Waals surface area contributed by atoms with E-state index in [1.165, 1.54) is 15.3 Å². The number of carboxylic acid groups (broad SMARTS) is 1. The summed E-state index contributed by atoms with van der Waals surface area (Å²) in [5.74, 6) is 0. The van der Waals surface area contributed by atoms with Crippen LogP contribution in [-0.2, 0) is 4.43 Å². The molecule has 1 saturated heterocycles. The quantitative estimate of drug-likeness (QED) is 0.313. The topological polar surface area (TPSA) is 98.5 Å². The van der Waals surface area contributed by atoms with Gasteiger partial charge in [0.2, 0.25) is 0 Å². The lowest BCUT2D eigenvalue weighted by Gasteiger charge is -2.45. The molecule has 0 radical (unpaired) electrons. The highest BCUT2D eigenvalue weighted by Crippen LogP contribution is 2.37. The minimum atomic E-state index is -2.73. The largest absolute Gasteiger partial charge is 0.465 e. The fourth-order valence-corrected chi connectivity index (χ4v) is 9.16. The van der Waals surface area contributed by atoms with Gasteiger partial charge in [-0.25, -0.2) is 4.79 Å². The number of benzene rings is 2. The van der Waals surface area contributed by atoms with Crippen molar-refractivity contribution in [3.05, 3.63) is 71.1 Å². The maximum atomic E-state index is 11.9. The predicted molar refractivity (Wildman–Crippen MR) is 124 cm³/mol. The second-order valence-corrected chi connectivity index (χ2v) is 13.3. The first kappa shape index (κ1) is 22.9. The first-order valence-corrected chi connectivity index (χ1v) is 12.5. The molecule has 1 N–H and O–H groups in total. The molecule has 8 heteroatoms. The summed E-state index contributed by atoms with van der Waals surface area (Å²) in [6, 6.07) is 20.0. The van der Waals surface area contributed by atoms with Crippen LogP contribution in [0.1, 0.15) is 33.6 Å². The van der Waals surface area contributed by atoms with Crippen molar-refractivity contribution in [3.8, 4) is 0 Å². The van der Waals surface area contributed by atoms with Crippen LogP contribution in [-0.4, -0.2) is 49.7 Å². The van der Waals surface area contributed by atoms with Gasteiger partial charge in [-0.2, -0.15) is 0 Å². The molecule has 2 aromatic rings. The van der Waals surface area contributed by atoms with Gasteiger partial charge in [0.25, 0.3) is 8.32 Å². The first-order chi connectivity index (χ1) is 14.8.